The van der Waals surface area contributed by atoms with E-state index in [-0.39, 0.29) is 5.03 Å². The Labute approximate surface area is 182 Å². The lowest BCUT2D eigenvalue weighted by atomic mass is 10.0. The fraction of sp³-hybridized carbons (Fsp3) is 0.400. The van der Waals surface area contributed by atoms with E-state index in [9.17, 15) is 12.6 Å². The Morgan fingerprint density at radius 1 is 1.06 bits per heavy atom. The number of rotatable bonds is 4. The Morgan fingerprint density at radius 2 is 1.74 bits per heavy atom. The van der Waals surface area contributed by atoms with E-state index >= 15 is 0 Å². The van der Waals surface area contributed by atoms with Gasteiger partial charge >= 0.3 is 0 Å². The Kier molecular flexibility index (Phi) is 5.01. The van der Waals surface area contributed by atoms with E-state index < -0.39 is 20.6 Å². The number of nitrogens with zero attached hydrogens (tertiary/aromatic N) is 6. The number of pyridine rings is 1. The molecular weight excluding hydrogens is 436 g/mol. The van der Waals surface area contributed by atoms with Crippen LogP contribution in [0.4, 0.5) is 0 Å². The van der Waals surface area contributed by atoms with Crippen LogP contribution >= 0.6 is 0 Å². The van der Waals surface area contributed by atoms with E-state index in [0.29, 0.717) is 33.3 Å². The second-order valence-electron chi connectivity index (χ2n) is 7.69. The number of aromatic nitrogens is 6. The third kappa shape index (κ3) is 3.18. The molecule has 0 aliphatic heterocycles. The maximum atomic E-state index is 13.2. The molecule has 0 aliphatic rings. The first kappa shape index (κ1) is 21.6. The summed E-state index contributed by atoms with van der Waals surface area (Å²) in [6.07, 6.45) is 1.08. The summed E-state index contributed by atoms with van der Waals surface area (Å²) >= 11 is 0. The van der Waals surface area contributed by atoms with Crippen LogP contribution in [0, 0.1) is 27.7 Å². The normalized spacial score (nSPS) is 13.4. The largest absolute Gasteiger partial charge is 0.309 e. The highest BCUT2D eigenvalue weighted by Gasteiger charge is 2.27. The summed E-state index contributed by atoms with van der Waals surface area (Å²) in [5.74, 6) is 0.895. The molecular formula is C20H24N6O3S2. The first-order valence-corrected chi connectivity index (χ1v) is 13.0. The highest BCUT2D eigenvalue weighted by atomic mass is 32.2. The van der Waals surface area contributed by atoms with Gasteiger partial charge in [0.25, 0.3) is 0 Å². The number of aryl methyl sites for hydroxylation is 3. The minimum Gasteiger partial charge on any atom is -0.309 e. The van der Waals surface area contributed by atoms with Gasteiger partial charge in [0.2, 0.25) is 0 Å². The van der Waals surface area contributed by atoms with E-state index in [1.165, 1.54) is 6.07 Å². The molecule has 0 aliphatic carbocycles. The molecule has 0 radical (unpaired) electrons. The Balaban J connectivity index is 2.12. The molecule has 0 spiro atoms. The van der Waals surface area contributed by atoms with Crippen molar-refractivity contribution in [2.45, 2.75) is 44.5 Å². The van der Waals surface area contributed by atoms with Crippen LogP contribution in [0.3, 0.4) is 0 Å². The van der Waals surface area contributed by atoms with E-state index in [0.717, 1.165) is 34.2 Å². The van der Waals surface area contributed by atoms with Crippen LogP contribution in [-0.4, -0.2) is 54.0 Å². The molecule has 1 unspecified atom stereocenters. The average Bonchev–Trinajstić information content (AvgIpc) is 3.27. The molecule has 9 nitrogen and oxygen atoms in total. The van der Waals surface area contributed by atoms with E-state index in [2.05, 4.69) is 22.1 Å². The maximum absolute atomic E-state index is 13.2. The van der Waals surface area contributed by atoms with Gasteiger partial charge in [-0.2, -0.15) is 5.10 Å². The summed E-state index contributed by atoms with van der Waals surface area (Å²) in [5, 5.41) is 12.6. The van der Waals surface area contributed by atoms with Crippen LogP contribution in [-0.2, 0) is 27.7 Å². The quantitative estimate of drug-likeness (QED) is 0.460. The van der Waals surface area contributed by atoms with Gasteiger partial charge in [0.15, 0.2) is 26.3 Å². The first-order chi connectivity index (χ1) is 14.5. The molecule has 31 heavy (non-hydrogen) atoms. The molecule has 0 saturated carbocycles. The van der Waals surface area contributed by atoms with Crippen molar-refractivity contribution in [3.63, 3.8) is 0 Å². The number of fused-ring (bicyclic) bond motifs is 2. The maximum Gasteiger partial charge on any atom is 0.194 e. The van der Waals surface area contributed by atoms with Crippen LogP contribution in [0.25, 0.3) is 28.2 Å². The zero-order valence-electron chi connectivity index (χ0n) is 18.5. The van der Waals surface area contributed by atoms with Crippen molar-refractivity contribution in [2.24, 2.45) is 7.05 Å². The topological polar surface area (TPSA) is 112 Å². The zero-order chi connectivity index (χ0) is 22.8. The first-order valence-electron chi connectivity index (χ1n) is 9.75. The zero-order valence-corrected chi connectivity index (χ0v) is 20.1. The van der Waals surface area contributed by atoms with E-state index in [1.54, 1.807) is 11.6 Å². The van der Waals surface area contributed by atoms with Crippen molar-refractivity contribution in [1.29, 1.82) is 0 Å². The summed E-state index contributed by atoms with van der Waals surface area (Å²) in [7, 11) is -3.05. The molecule has 1 atom stereocenters. The van der Waals surface area contributed by atoms with Crippen LogP contribution in [0.5, 0.6) is 0 Å². The molecule has 0 N–H and O–H groups in total. The highest BCUT2D eigenvalue weighted by molar-refractivity contribution is 7.90. The van der Waals surface area contributed by atoms with Gasteiger partial charge in [0.05, 0.1) is 21.2 Å². The third-order valence-electron chi connectivity index (χ3n) is 5.86. The highest BCUT2D eigenvalue weighted by Crippen LogP contribution is 2.34. The minimum absolute atomic E-state index is 0.144. The smallest absolute Gasteiger partial charge is 0.194 e. The van der Waals surface area contributed by atoms with Crippen molar-refractivity contribution in [3.8, 4) is 11.5 Å². The monoisotopic (exact) mass is 460 g/mol. The van der Waals surface area contributed by atoms with Gasteiger partial charge in [-0.1, -0.05) is 6.92 Å². The second kappa shape index (κ2) is 7.20. The minimum atomic E-state index is -3.52. The molecule has 0 aromatic carbocycles. The molecule has 4 aromatic rings. The van der Waals surface area contributed by atoms with Crippen molar-refractivity contribution in [2.75, 3.05) is 12.0 Å². The lowest BCUT2D eigenvalue weighted by molar-refractivity contribution is 0.596. The number of imidazole rings is 1. The van der Waals surface area contributed by atoms with Gasteiger partial charge < -0.3 is 4.57 Å². The van der Waals surface area contributed by atoms with Gasteiger partial charge in [-0.3, -0.25) is 4.21 Å². The molecule has 4 aromatic heterocycles. The van der Waals surface area contributed by atoms with Crippen molar-refractivity contribution in [3.05, 3.63) is 28.5 Å². The van der Waals surface area contributed by atoms with Gasteiger partial charge in [-0.25, -0.2) is 17.9 Å². The van der Waals surface area contributed by atoms with E-state index in [4.69, 9.17) is 5.10 Å². The number of hydrogen-bond acceptors (Lipinski definition) is 7. The Morgan fingerprint density at radius 3 is 2.35 bits per heavy atom. The summed E-state index contributed by atoms with van der Waals surface area (Å²) in [5.41, 5.74) is 6.39. The SMILES string of the molecule is CCS(=O)c1c(-c2nc3cc(S(C)(=O)=O)nnc3n2C)nn2c(C)c(C)c(C)c(C)c12. The summed E-state index contributed by atoms with van der Waals surface area (Å²) in [6, 6.07) is 1.40. The second-order valence-corrected chi connectivity index (χ2v) is 11.3. The average molecular weight is 461 g/mol. The molecule has 4 heterocycles. The van der Waals surface area contributed by atoms with Crippen LogP contribution < -0.4 is 0 Å². The Hall–Kier alpha value is -2.66. The molecule has 0 bridgehead atoms. The van der Waals surface area contributed by atoms with Crippen LogP contribution in [0.1, 0.15) is 29.3 Å². The van der Waals surface area contributed by atoms with Crippen molar-refractivity contribution >= 4 is 37.3 Å². The standard InChI is InChI=1S/C20H24N6O3S2/c1-8-30(27)18-16(24-26-13(5)11(3)10(2)12(4)17(18)26)20-21-14-9-15(31(7,28)29)22-23-19(14)25(20)6/h9H,8H2,1-7H3. The van der Waals surface area contributed by atoms with Crippen LogP contribution in [0.15, 0.2) is 16.0 Å². The number of hydrogen-bond donors (Lipinski definition) is 0. The third-order valence-corrected chi connectivity index (χ3v) is 8.18. The summed E-state index contributed by atoms with van der Waals surface area (Å²) in [6.45, 7) is 9.97. The molecule has 164 valence electrons. The molecule has 0 saturated heterocycles. The van der Waals surface area contributed by atoms with E-state index in [1.807, 2.05) is 32.2 Å². The Bertz CT molecular complexity index is 1520. The van der Waals surface area contributed by atoms with Gasteiger partial charge in [-0.05, 0) is 44.4 Å². The fourth-order valence-corrected chi connectivity index (χ4v) is 5.34. The van der Waals surface area contributed by atoms with Crippen molar-refractivity contribution in [1.82, 2.24) is 29.4 Å². The lowest BCUT2D eigenvalue weighted by Crippen LogP contribution is -2.03. The molecule has 0 fully saturated rings. The van der Waals surface area contributed by atoms with Crippen molar-refractivity contribution < 1.29 is 12.6 Å². The lowest BCUT2D eigenvalue weighted by Gasteiger charge is -2.12. The fourth-order valence-electron chi connectivity index (χ4n) is 3.73. The molecule has 11 heteroatoms. The molecule has 0 amide bonds. The summed E-state index contributed by atoms with van der Waals surface area (Å²) < 4.78 is 40.5. The molecule has 4 rings (SSSR count). The predicted octanol–water partition coefficient (Wildman–Crippen LogP) is 2.44. The summed E-state index contributed by atoms with van der Waals surface area (Å²) in [4.78, 5) is 5.25. The van der Waals surface area contributed by atoms with Gasteiger partial charge in [-0.15, -0.1) is 10.2 Å². The number of sulfone groups is 1. The predicted molar refractivity (Wildman–Crippen MR) is 119 cm³/mol. The van der Waals surface area contributed by atoms with Gasteiger partial charge in [0.1, 0.15) is 11.2 Å². The van der Waals surface area contributed by atoms with Gasteiger partial charge in [0, 0.05) is 30.8 Å². The van der Waals surface area contributed by atoms with Crippen LogP contribution in [0.2, 0.25) is 0 Å².